The molecule has 0 atom stereocenters. The van der Waals surface area contributed by atoms with Crippen molar-refractivity contribution in [2.45, 2.75) is 20.1 Å². The van der Waals surface area contributed by atoms with E-state index in [4.69, 9.17) is 21.7 Å². The maximum Gasteiger partial charge on any atom is 0.229 e. The van der Waals surface area contributed by atoms with Crippen LogP contribution in [0.5, 0.6) is 0 Å². The second kappa shape index (κ2) is 9.23. The van der Waals surface area contributed by atoms with Crippen molar-refractivity contribution < 1.29 is 9.47 Å². The van der Waals surface area contributed by atoms with Crippen LogP contribution in [0.4, 0.5) is 5.95 Å². The molecule has 9 heteroatoms. The van der Waals surface area contributed by atoms with E-state index in [-0.39, 0.29) is 0 Å². The van der Waals surface area contributed by atoms with E-state index in [9.17, 15) is 0 Å². The van der Waals surface area contributed by atoms with Gasteiger partial charge in [-0.3, -0.25) is 5.32 Å². The van der Waals surface area contributed by atoms with Crippen LogP contribution in [0.25, 0.3) is 0 Å². The van der Waals surface area contributed by atoms with Crippen molar-refractivity contribution in [1.82, 2.24) is 20.6 Å². The van der Waals surface area contributed by atoms with Crippen LogP contribution < -0.4 is 16.0 Å². The number of anilines is 1. The van der Waals surface area contributed by atoms with E-state index in [2.05, 4.69) is 30.9 Å². The van der Waals surface area contributed by atoms with Crippen LogP contribution in [0, 0.1) is 13.8 Å². The SMILES string of the molecule is CNC(=S)NC(=NCC(OC)OC)Nc1nc(C)cc(C)n1. The van der Waals surface area contributed by atoms with Gasteiger partial charge in [0.05, 0.1) is 6.54 Å². The van der Waals surface area contributed by atoms with Crippen LogP contribution >= 0.6 is 12.2 Å². The Labute approximate surface area is 135 Å². The first-order chi connectivity index (χ1) is 10.5. The number of aromatic nitrogens is 2. The van der Waals surface area contributed by atoms with E-state index in [1.807, 2.05) is 19.9 Å². The lowest BCUT2D eigenvalue weighted by atomic mass is 10.4. The lowest BCUT2D eigenvalue weighted by Crippen LogP contribution is -2.42. The second-order valence-electron chi connectivity index (χ2n) is 4.39. The molecule has 1 heterocycles. The predicted molar refractivity (Wildman–Crippen MR) is 90.0 cm³/mol. The van der Waals surface area contributed by atoms with E-state index in [0.29, 0.717) is 23.6 Å². The monoisotopic (exact) mass is 326 g/mol. The van der Waals surface area contributed by atoms with Gasteiger partial charge in [-0.1, -0.05) is 0 Å². The van der Waals surface area contributed by atoms with E-state index in [0.717, 1.165) is 11.4 Å². The van der Waals surface area contributed by atoms with Gasteiger partial charge in [0.25, 0.3) is 0 Å². The number of ether oxygens (including phenoxy) is 2. The van der Waals surface area contributed by atoms with E-state index < -0.39 is 6.29 Å². The fourth-order valence-corrected chi connectivity index (χ4v) is 1.68. The first kappa shape index (κ1) is 18.2. The molecule has 0 aliphatic heterocycles. The van der Waals surface area contributed by atoms with Crippen LogP contribution in [0.15, 0.2) is 11.1 Å². The quantitative estimate of drug-likeness (QED) is 0.313. The Morgan fingerprint density at radius 1 is 1.27 bits per heavy atom. The van der Waals surface area contributed by atoms with Gasteiger partial charge in [0.2, 0.25) is 11.9 Å². The molecule has 0 aliphatic rings. The Balaban J connectivity index is 2.89. The highest BCUT2D eigenvalue weighted by atomic mass is 32.1. The first-order valence-corrected chi connectivity index (χ1v) is 7.07. The van der Waals surface area contributed by atoms with Crippen LogP contribution in [0.3, 0.4) is 0 Å². The molecule has 1 aromatic rings. The minimum atomic E-state index is -0.443. The summed E-state index contributed by atoms with van der Waals surface area (Å²) in [6, 6.07) is 1.89. The number of hydrogen-bond donors (Lipinski definition) is 3. The first-order valence-electron chi connectivity index (χ1n) is 6.66. The molecule has 1 rings (SSSR count). The lowest BCUT2D eigenvalue weighted by Gasteiger charge is -2.15. The van der Waals surface area contributed by atoms with Crippen molar-refractivity contribution in [3.8, 4) is 0 Å². The smallest absolute Gasteiger partial charge is 0.229 e. The highest BCUT2D eigenvalue weighted by Crippen LogP contribution is 2.03. The largest absolute Gasteiger partial charge is 0.365 e. The Hall–Kier alpha value is -1.84. The molecular weight excluding hydrogens is 304 g/mol. The standard InChI is InChI=1S/C13H22N6O2S/c1-8-6-9(2)17-12(16-8)18-11(19-13(22)14-3)15-7-10(20-4)21-5/h6,10H,7H2,1-5H3,(H3,14,15,16,17,18,19,22). The zero-order valence-corrected chi connectivity index (χ0v) is 14.2. The summed E-state index contributed by atoms with van der Waals surface area (Å²) in [6.07, 6.45) is -0.443. The highest BCUT2D eigenvalue weighted by molar-refractivity contribution is 7.80. The van der Waals surface area contributed by atoms with Crippen molar-refractivity contribution in [3.63, 3.8) is 0 Å². The Kier molecular flexibility index (Phi) is 7.64. The third-order valence-corrected chi connectivity index (χ3v) is 2.90. The Morgan fingerprint density at radius 3 is 2.36 bits per heavy atom. The molecule has 0 radical (unpaired) electrons. The normalized spacial score (nSPS) is 11.5. The average Bonchev–Trinajstić information content (AvgIpc) is 2.46. The summed E-state index contributed by atoms with van der Waals surface area (Å²) >= 11 is 5.09. The second-order valence-corrected chi connectivity index (χ2v) is 4.80. The molecule has 3 N–H and O–H groups in total. The molecule has 22 heavy (non-hydrogen) atoms. The lowest BCUT2D eigenvalue weighted by molar-refractivity contribution is -0.0937. The average molecular weight is 326 g/mol. The summed E-state index contributed by atoms with van der Waals surface area (Å²) < 4.78 is 10.2. The maximum absolute atomic E-state index is 5.11. The van der Waals surface area contributed by atoms with Crippen molar-refractivity contribution in [2.75, 3.05) is 33.1 Å². The van der Waals surface area contributed by atoms with Crippen molar-refractivity contribution in [3.05, 3.63) is 17.5 Å². The third kappa shape index (κ3) is 6.29. The molecular formula is C13H22N6O2S. The van der Waals surface area contributed by atoms with Crippen LogP contribution in [0.1, 0.15) is 11.4 Å². The van der Waals surface area contributed by atoms with Gasteiger partial charge in [0, 0.05) is 32.7 Å². The molecule has 1 aromatic heterocycles. The van der Waals surface area contributed by atoms with E-state index in [1.54, 1.807) is 21.3 Å². The summed E-state index contributed by atoms with van der Waals surface area (Å²) in [7, 11) is 4.82. The summed E-state index contributed by atoms with van der Waals surface area (Å²) in [5, 5.41) is 9.17. The molecule has 0 spiro atoms. The number of aliphatic imine (C=N–C) groups is 1. The third-order valence-electron chi connectivity index (χ3n) is 2.60. The minimum absolute atomic E-state index is 0.291. The molecule has 0 fully saturated rings. The van der Waals surface area contributed by atoms with Gasteiger partial charge in [-0.05, 0) is 32.1 Å². The summed E-state index contributed by atoms with van der Waals surface area (Å²) in [5.74, 6) is 0.845. The minimum Gasteiger partial charge on any atom is -0.365 e. The number of nitrogens with one attached hydrogen (secondary N) is 3. The molecule has 0 aliphatic carbocycles. The Bertz CT molecular complexity index is 513. The van der Waals surface area contributed by atoms with Crippen LogP contribution in [0.2, 0.25) is 0 Å². The van der Waals surface area contributed by atoms with Gasteiger partial charge >= 0.3 is 0 Å². The zero-order valence-electron chi connectivity index (χ0n) is 13.4. The van der Waals surface area contributed by atoms with Gasteiger partial charge in [0.15, 0.2) is 11.4 Å². The summed E-state index contributed by atoms with van der Waals surface area (Å²) in [4.78, 5) is 13.0. The van der Waals surface area contributed by atoms with Gasteiger partial charge < -0.3 is 20.1 Å². The van der Waals surface area contributed by atoms with Gasteiger partial charge in [-0.25, -0.2) is 15.0 Å². The van der Waals surface area contributed by atoms with Gasteiger partial charge in [-0.2, -0.15) is 0 Å². The topological polar surface area (TPSA) is 92.7 Å². The predicted octanol–water partition coefficient (Wildman–Crippen LogP) is 0.574. The number of hydrogen-bond acceptors (Lipinski definition) is 6. The number of aryl methyl sites for hydroxylation is 2. The van der Waals surface area contributed by atoms with Crippen molar-refractivity contribution in [1.29, 1.82) is 0 Å². The van der Waals surface area contributed by atoms with Crippen molar-refractivity contribution in [2.24, 2.45) is 4.99 Å². The number of methoxy groups -OCH3 is 2. The van der Waals surface area contributed by atoms with Gasteiger partial charge in [-0.15, -0.1) is 0 Å². The number of nitrogens with zero attached hydrogens (tertiary/aromatic N) is 3. The molecule has 0 saturated heterocycles. The fourth-order valence-electron chi connectivity index (χ4n) is 1.58. The molecule has 0 bridgehead atoms. The van der Waals surface area contributed by atoms with Crippen LogP contribution in [-0.4, -0.2) is 55.1 Å². The van der Waals surface area contributed by atoms with E-state index in [1.165, 1.54) is 0 Å². The molecule has 8 nitrogen and oxygen atoms in total. The highest BCUT2D eigenvalue weighted by Gasteiger charge is 2.08. The van der Waals surface area contributed by atoms with Crippen molar-refractivity contribution >= 4 is 29.2 Å². The summed E-state index contributed by atoms with van der Waals surface area (Å²) in [6.45, 7) is 4.09. The van der Waals surface area contributed by atoms with Gasteiger partial charge in [0.1, 0.15) is 0 Å². The fraction of sp³-hybridized carbons (Fsp3) is 0.538. The Morgan fingerprint density at radius 2 is 1.86 bits per heavy atom. The van der Waals surface area contributed by atoms with Crippen LogP contribution in [-0.2, 0) is 9.47 Å². The number of guanidine groups is 1. The number of rotatable bonds is 5. The molecule has 0 unspecified atom stereocenters. The number of thiocarbonyl (C=S) groups is 1. The molecule has 0 aromatic carbocycles. The summed E-state index contributed by atoms with van der Waals surface area (Å²) in [5.41, 5.74) is 1.72. The maximum atomic E-state index is 5.11. The molecule has 0 amide bonds. The van der Waals surface area contributed by atoms with E-state index >= 15 is 0 Å². The molecule has 122 valence electrons. The zero-order chi connectivity index (χ0) is 16.5. The molecule has 0 saturated carbocycles.